The minimum absolute atomic E-state index is 0.148. The van der Waals surface area contributed by atoms with E-state index in [1.54, 1.807) is 6.20 Å². The van der Waals surface area contributed by atoms with E-state index >= 15 is 0 Å². The van der Waals surface area contributed by atoms with Gasteiger partial charge in [-0.15, -0.1) is 0 Å². The Hall–Kier alpha value is -3.32. The first kappa shape index (κ1) is 21.9. The second-order valence-electron chi connectivity index (χ2n) is 7.79. The number of aromatic nitrogens is 1. The number of rotatable bonds is 10. The average Bonchev–Trinajstić information content (AvgIpc) is 3.51. The quantitative estimate of drug-likeness (QED) is 0.417. The number of esters is 1. The van der Waals surface area contributed by atoms with Crippen molar-refractivity contribution in [3.63, 3.8) is 0 Å². The molecule has 168 valence electrons. The second kappa shape index (κ2) is 10.8. The lowest BCUT2D eigenvalue weighted by atomic mass is 10.2. The Morgan fingerprint density at radius 2 is 1.81 bits per heavy atom. The summed E-state index contributed by atoms with van der Waals surface area (Å²) in [5, 5.41) is 0. The number of likely N-dealkylation sites (tertiary alicyclic amines) is 1. The third-order valence-electron chi connectivity index (χ3n) is 5.63. The van der Waals surface area contributed by atoms with E-state index in [1.807, 2.05) is 48.5 Å². The summed E-state index contributed by atoms with van der Waals surface area (Å²) >= 11 is 0. The number of nitrogens with zero attached hydrogens (tertiary/aromatic N) is 2. The van der Waals surface area contributed by atoms with Crippen LogP contribution in [0.15, 0.2) is 65.5 Å². The molecule has 1 saturated heterocycles. The topological polar surface area (TPSA) is 74.0 Å². The smallest absolute Gasteiger partial charge is 0.305 e. The molecule has 1 aliphatic rings. The Labute approximate surface area is 187 Å². The molecule has 32 heavy (non-hydrogen) atoms. The maximum Gasteiger partial charge on any atom is 0.305 e. The van der Waals surface area contributed by atoms with Crippen LogP contribution in [0.3, 0.4) is 0 Å². The van der Waals surface area contributed by atoms with Crippen molar-refractivity contribution in [2.24, 2.45) is 0 Å². The summed E-state index contributed by atoms with van der Waals surface area (Å²) in [6, 6.07) is 15.7. The first-order valence-electron chi connectivity index (χ1n) is 10.9. The Morgan fingerprint density at radius 1 is 1.09 bits per heavy atom. The summed E-state index contributed by atoms with van der Waals surface area (Å²) in [5.74, 6) is 2.89. The van der Waals surface area contributed by atoms with Crippen molar-refractivity contribution in [3.8, 4) is 28.6 Å². The summed E-state index contributed by atoms with van der Waals surface area (Å²) in [4.78, 5) is 17.6. The SMILES string of the molecule is COC(=O)CCCN1CCCC1COc1ccc(Oc2ccc(-c3cnco3)cc2)cc1. The van der Waals surface area contributed by atoms with Crippen LogP contribution in [0, 0.1) is 0 Å². The van der Waals surface area contributed by atoms with Crippen LogP contribution in [0.25, 0.3) is 11.3 Å². The van der Waals surface area contributed by atoms with Gasteiger partial charge in [0.05, 0.1) is 13.3 Å². The van der Waals surface area contributed by atoms with E-state index in [0.717, 1.165) is 60.9 Å². The molecule has 0 radical (unpaired) electrons. The molecule has 7 heteroatoms. The van der Waals surface area contributed by atoms with Crippen molar-refractivity contribution in [1.29, 1.82) is 0 Å². The van der Waals surface area contributed by atoms with E-state index in [4.69, 9.17) is 18.6 Å². The van der Waals surface area contributed by atoms with E-state index in [0.29, 0.717) is 19.1 Å². The van der Waals surface area contributed by atoms with Gasteiger partial charge in [0.25, 0.3) is 0 Å². The summed E-state index contributed by atoms with van der Waals surface area (Å²) in [6.45, 7) is 2.59. The van der Waals surface area contributed by atoms with Crippen molar-refractivity contribution in [3.05, 3.63) is 61.1 Å². The van der Waals surface area contributed by atoms with Crippen LogP contribution >= 0.6 is 0 Å². The standard InChI is InChI=1S/C25H28N2O5/c1-29-25(28)5-3-15-27-14-2-4-20(27)17-30-21-10-12-23(13-11-21)32-22-8-6-19(7-9-22)24-16-26-18-31-24/h6-13,16,18,20H,2-5,14-15,17H2,1H3. The third-order valence-corrected chi connectivity index (χ3v) is 5.63. The minimum atomic E-state index is -0.148. The molecular formula is C25H28N2O5. The van der Waals surface area contributed by atoms with E-state index < -0.39 is 0 Å². The highest BCUT2D eigenvalue weighted by atomic mass is 16.5. The first-order valence-corrected chi connectivity index (χ1v) is 10.9. The molecular weight excluding hydrogens is 408 g/mol. The zero-order valence-corrected chi connectivity index (χ0v) is 18.2. The molecule has 4 rings (SSSR count). The predicted molar refractivity (Wildman–Crippen MR) is 120 cm³/mol. The normalized spacial score (nSPS) is 16.1. The molecule has 3 aromatic rings. The number of carbonyl (C=O) groups excluding carboxylic acids is 1. The van der Waals surface area contributed by atoms with E-state index in [2.05, 4.69) is 9.88 Å². The maximum atomic E-state index is 11.3. The number of hydrogen-bond donors (Lipinski definition) is 0. The minimum Gasteiger partial charge on any atom is -0.492 e. The van der Waals surface area contributed by atoms with Crippen molar-refractivity contribution in [2.75, 3.05) is 26.8 Å². The van der Waals surface area contributed by atoms with Crippen LogP contribution in [0.5, 0.6) is 17.2 Å². The van der Waals surface area contributed by atoms with Crippen LogP contribution in [0.4, 0.5) is 0 Å². The fourth-order valence-corrected chi connectivity index (χ4v) is 3.88. The third kappa shape index (κ3) is 5.88. The lowest BCUT2D eigenvalue weighted by Crippen LogP contribution is -2.35. The van der Waals surface area contributed by atoms with Gasteiger partial charge in [0, 0.05) is 18.0 Å². The molecule has 0 aliphatic carbocycles. The Kier molecular flexibility index (Phi) is 7.40. The van der Waals surface area contributed by atoms with E-state index in [9.17, 15) is 4.79 Å². The summed E-state index contributed by atoms with van der Waals surface area (Å²) in [5.41, 5.74) is 0.949. The van der Waals surface area contributed by atoms with Crippen LogP contribution in [-0.4, -0.2) is 48.7 Å². The highest BCUT2D eigenvalue weighted by Gasteiger charge is 2.24. The predicted octanol–water partition coefficient (Wildman–Crippen LogP) is 4.93. The molecule has 0 spiro atoms. The number of oxazole rings is 1. The molecule has 1 aliphatic heterocycles. The van der Waals surface area contributed by atoms with E-state index in [-0.39, 0.29) is 5.97 Å². The number of benzene rings is 2. The zero-order chi connectivity index (χ0) is 22.2. The zero-order valence-electron chi connectivity index (χ0n) is 18.2. The highest BCUT2D eigenvalue weighted by molar-refractivity contribution is 5.69. The maximum absolute atomic E-state index is 11.3. The summed E-state index contributed by atoms with van der Waals surface area (Å²) in [6.07, 6.45) is 6.65. The van der Waals surface area contributed by atoms with Gasteiger partial charge in [-0.3, -0.25) is 9.69 Å². The Balaban J connectivity index is 1.24. The Bertz CT molecular complexity index is 971. The van der Waals surface area contributed by atoms with Crippen molar-refractivity contribution in [2.45, 2.75) is 31.7 Å². The number of ether oxygens (including phenoxy) is 3. The molecule has 0 saturated carbocycles. The van der Waals surface area contributed by atoms with Gasteiger partial charge in [0.15, 0.2) is 12.2 Å². The van der Waals surface area contributed by atoms with Crippen LogP contribution in [-0.2, 0) is 9.53 Å². The fourth-order valence-electron chi connectivity index (χ4n) is 3.88. The second-order valence-corrected chi connectivity index (χ2v) is 7.79. The largest absolute Gasteiger partial charge is 0.492 e. The molecule has 0 amide bonds. The van der Waals surface area contributed by atoms with Gasteiger partial charge < -0.3 is 18.6 Å². The van der Waals surface area contributed by atoms with Crippen LogP contribution in [0.2, 0.25) is 0 Å². The molecule has 0 N–H and O–H groups in total. The Morgan fingerprint density at radius 3 is 2.50 bits per heavy atom. The van der Waals surface area contributed by atoms with Crippen molar-refractivity contribution >= 4 is 5.97 Å². The van der Waals surface area contributed by atoms with Gasteiger partial charge >= 0.3 is 5.97 Å². The molecule has 2 heterocycles. The van der Waals surface area contributed by atoms with Gasteiger partial charge in [-0.2, -0.15) is 0 Å². The molecule has 7 nitrogen and oxygen atoms in total. The van der Waals surface area contributed by atoms with Crippen LogP contribution < -0.4 is 9.47 Å². The average molecular weight is 437 g/mol. The lowest BCUT2D eigenvalue weighted by Gasteiger charge is -2.24. The lowest BCUT2D eigenvalue weighted by molar-refractivity contribution is -0.140. The number of methoxy groups -OCH3 is 1. The molecule has 0 bridgehead atoms. The highest BCUT2D eigenvalue weighted by Crippen LogP contribution is 2.27. The molecule has 1 unspecified atom stereocenters. The van der Waals surface area contributed by atoms with Gasteiger partial charge in [0.1, 0.15) is 23.9 Å². The van der Waals surface area contributed by atoms with Crippen LogP contribution in [0.1, 0.15) is 25.7 Å². The summed E-state index contributed by atoms with van der Waals surface area (Å²) < 4.78 is 22.0. The number of carbonyl (C=O) groups is 1. The molecule has 1 aromatic heterocycles. The van der Waals surface area contributed by atoms with Gasteiger partial charge in [-0.1, -0.05) is 0 Å². The van der Waals surface area contributed by atoms with Gasteiger partial charge in [-0.25, -0.2) is 4.98 Å². The monoisotopic (exact) mass is 436 g/mol. The van der Waals surface area contributed by atoms with Gasteiger partial charge in [0.2, 0.25) is 0 Å². The van der Waals surface area contributed by atoms with Crippen molar-refractivity contribution in [1.82, 2.24) is 9.88 Å². The van der Waals surface area contributed by atoms with Gasteiger partial charge in [-0.05, 0) is 80.9 Å². The molecule has 2 aromatic carbocycles. The first-order chi connectivity index (χ1) is 15.7. The van der Waals surface area contributed by atoms with Crippen molar-refractivity contribution < 1.29 is 23.4 Å². The summed E-state index contributed by atoms with van der Waals surface area (Å²) in [7, 11) is 1.43. The fraction of sp³-hybridized carbons (Fsp3) is 0.360. The van der Waals surface area contributed by atoms with E-state index in [1.165, 1.54) is 13.5 Å². The number of hydrogen-bond acceptors (Lipinski definition) is 7. The molecule has 1 fully saturated rings. The molecule has 1 atom stereocenters.